The Morgan fingerprint density at radius 3 is 2.53 bits per heavy atom. The monoisotopic (exact) mass is 257 g/mol. The highest BCUT2D eigenvalue weighted by Crippen LogP contribution is 2.22. The minimum Gasteiger partial charge on any atom is -0.308 e. The summed E-state index contributed by atoms with van der Waals surface area (Å²) in [6.45, 7) is 9.59. The van der Waals surface area contributed by atoms with Crippen LogP contribution in [0.3, 0.4) is 0 Å². The summed E-state index contributed by atoms with van der Waals surface area (Å²) < 4.78 is 1.93. The van der Waals surface area contributed by atoms with Crippen LogP contribution in [0.5, 0.6) is 0 Å². The largest absolute Gasteiger partial charge is 0.308 e. The van der Waals surface area contributed by atoms with Gasteiger partial charge in [0, 0.05) is 25.5 Å². The molecule has 0 spiro atoms. The highest BCUT2D eigenvalue weighted by molar-refractivity contribution is 6.17. The third kappa shape index (κ3) is 4.32. The van der Waals surface area contributed by atoms with Crippen LogP contribution in [0.15, 0.2) is 6.07 Å². The van der Waals surface area contributed by atoms with Crippen molar-refractivity contribution in [1.82, 2.24) is 15.1 Å². The summed E-state index contributed by atoms with van der Waals surface area (Å²) in [6, 6.07) is 2.54. The summed E-state index contributed by atoms with van der Waals surface area (Å²) >= 11 is 5.86. The normalized spacial score (nSPS) is 14.0. The van der Waals surface area contributed by atoms with Gasteiger partial charge in [-0.2, -0.15) is 5.10 Å². The lowest BCUT2D eigenvalue weighted by Gasteiger charge is -2.31. The summed E-state index contributed by atoms with van der Waals surface area (Å²) in [4.78, 5) is 0. The number of hydrogen-bond donors (Lipinski definition) is 1. The zero-order valence-corrected chi connectivity index (χ0v) is 12.3. The number of nitrogens with one attached hydrogen (secondary N) is 1. The molecule has 1 atom stereocenters. The van der Waals surface area contributed by atoms with Crippen molar-refractivity contribution in [3.05, 3.63) is 17.5 Å². The van der Waals surface area contributed by atoms with Crippen LogP contribution < -0.4 is 5.32 Å². The fourth-order valence-corrected chi connectivity index (χ4v) is 2.23. The lowest BCUT2D eigenvalue weighted by Crippen LogP contribution is -2.40. The fraction of sp³-hybridized carbons (Fsp3) is 0.769. The van der Waals surface area contributed by atoms with Gasteiger partial charge in [-0.15, -0.1) is 11.6 Å². The quantitative estimate of drug-likeness (QED) is 0.822. The molecule has 1 aromatic heterocycles. The van der Waals surface area contributed by atoms with E-state index >= 15 is 0 Å². The summed E-state index contributed by atoms with van der Waals surface area (Å²) in [5.41, 5.74) is 2.50. The third-order valence-corrected chi connectivity index (χ3v) is 3.29. The van der Waals surface area contributed by atoms with E-state index in [4.69, 9.17) is 11.6 Å². The fourth-order valence-electron chi connectivity index (χ4n) is 2.01. The molecule has 17 heavy (non-hydrogen) atoms. The maximum atomic E-state index is 5.86. The molecule has 0 aromatic carbocycles. The van der Waals surface area contributed by atoms with Crippen LogP contribution in [0.25, 0.3) is 0 Å². The highest BCUT2D eigenvalue weighted by atomic mass is 35.5. The molecule has 0 radical (unpaired) electrons. The van der Waals surface area contributed by atoms with Crippen molar-refractivity contribution in [3.8, 4) is 0 Å². The summed E-state index contributed by atoms with van der Waals surface area (Å²) in [7, 11) is 1.98. The molecule has 0 aliphatic carbocycles. The minimum absolute atomic E-state index is 0.225. The van der Waals surface area contributed by atoms with Gasteiger partial charge in [0.25, 0.3) is 0 Å². The maximum absolute atomic E-state index is 5.86. The maximum Gasteiger partial charge on any atom is 0.0597 e. The van der Waals surface area contributed by atoms with Crippen LogP contribution >= 0.6 is 11.6 Å². The lowest BCUT2D eigenvalue weighted by atomic mass is 9.85. The highest BCUT2D eigenvalue weighted by Gasteiger charge is 2.23. The Kier molecular flexibility index (Phi) is 5.02. The Labute approximate surface area is 110 Å². The number of aromatic nitrogens is 2. The Morgan fingerprint density at radius 1 is 1.47 bits per heavy atom. The first-order chi connectivity index (χ1) is 7.84. The Balaban J connectivity index is 2.61. The molecule has 0 fully saturated rings. The first-order valence-corrected chi connectivity index (χ1v) is 6.67. The van der Waals surface area contributed by atoms with E-state index in [9.17, 15) is 0 Å². The second-order valence-corrected chi connectivity index (χ2v) is 6.06. The number of nitrogens with zero attached hydrogens (tertiary/aromatic N) is 2. The van der Waals surface area contributed by atoms with Crippen LogP contribution in [0.4, 0.5) is 0 Å². The van der Waals surface area contributed by atoms with Gasteiger partial charge >= 0.3 is 0 Å². The molecule has 1 N–H and O–H groups in total. The molecule has 1 rings (SSSR count). The average molecular weight is 258 g/mol. The number of aryl methyl sites for hydroxylation is 2. The van der Waals surface area contributed by atoms with Crippen molar-refractivity contribution < 1.29 is 0 Å². The smallest absolute Gasteiger partial charge is 0.0597 e. The van der Waals surface area contributed by atoms with Crippen LogP contribution in [-0.4, -0.2) is 21.7 Å². The van der Waals surface area contributed by atoms with Crippen molar-refractivity contribution >= 4 is 11.6 Å². The number of halogens is 1. The summed E-state index contributed by atoms with van der Waals surface area (Å²) in [6.07, 6.45) is 0.988. The van der Waals surface area contributed by atoms with E-state index in [-0.39, 0.29) is 5.41 Å². The Hall–Kier alpha value is -0.540. The molecule has 0 saturated heterocycles. The summed E-state index contributed by atoms with van der Waals surface area (Å²) in [5.74, 6) is 0.694. The zero-order chi connectivity index (χ0) is 13.1. The second-order valence-electron chi connectivity index (χ2n) is 5.68. The minimum atomic E-state index is 0.225. The molecule has 0 saturated carbocycles. The first-order valence-electron chi connectivity index (χ1n) is 6.13. The van der Waals surface area contributed by atoms with E-state index in [1.165, 1.54) is 5.69 Å². The molecule has 98 valence electrons. The van der Waals surface area contributed by atoms with Gasteiger partial charge < -0.3 is 5.32 Å². The molecular formula is C13H24ClN3. The van der Waals surface area contributed by atoms with E-state index in [0.29, 0.717) is 11.9 Å². The molecule has 1 unspecified atom stereocenters. The summed E-state index contributed by atoms with van der Waals surface area (Å²) in [5, 5.41) is 7.93. The van der Waals surface area contributed by atoms with Crippen LogP contribution in [0.1, 0.15) is 38.6 Å². The number of rotatable bonds is 5. The van der Waals surface area contributed by atoms with E-state index in [0.717, 1.165) is 18.7 Å². The van der Waals surface area contributed by atoms with Gasteiger partial charge in [-0.25, -0.2) is 0 Å². The molecule has 0 aliphatic heterocycles. The Bertz CT molecular complexity index is 352. The first kappa shape index (κ1) is 14.5. The zero-order valence-electron chi connectivity index (χ0n) is 11.5. The Morgan fingerprint density at radius 2 is 2.12 bits per heavy atom. The van der Waals surface area contributed by atoms with Crippen LogP contribution in [0.2, 0.25) is 0 Å². The van der Waals surface area contributed by atoms with Gasteiger partial charge in [0.1, 0.15) is 0 Å². The van der Waals surface area contributed by atoms with Gasteiger partial charge in [0.15, 0.2) is 0 Å². The van der Waals surface area contributed by atoms with Crippen molar-refractivity contribution in [1.29, 1.82) is 0 Å². The van der Waals surface area contributed by atoms with E-state index in [1.807, 2.05) is 18.7 Å². The molecular weight excluding hydrogens is 234 g/mol. The van der Waals surface area contributed by atoms with Crippen molar-refractivity contribution in [2.45, 2.75) is 46.7 Å². The van der Waals surface area contributed by atoms with Crippen molar-refractivity contribution in [2.24, 2.45) is 12.5 Å². The van der Waals surface area contributed by atoms with Gasteiger partial charge in [-0.3, -0.25) is 4.68 Å². The second kappa shape index (κ2) is 5.87. The molecule has 0 amide bonds. The predicted molar refractivity (Wildman–Crippen MR) is 73.4 cm³/mol. The van der Waals surface area contributed by atoms with Gasteiger partial charge in [-0.05, 0) is 24.8 Å². The SMILES string of the molecule is Cc1cc(CNC(CCCl)C(C)(C)C)n(C)n1. The molecule has 0 bridgehead atoms. The van der Waals surface area contributed by atoms with Gasteiger partial charge in [-0.1, -0.05) is 20.8 Å². The standard InChI is InChI=1S/C13H24ClN3/c1-10-8-11(17(5)16-10)9-15-12(6-7-14)13(2,3)4/h8,12,15H,6-7,9H2,1-5H3. The lowest BCUT2D eigenvalue weighted by molar-refractivity contribution is 0.259. The van der Waals surface area contributed by atoms with E-state index < -0.39 is 0 Å². The number of alkyl halides is 1. The molecule has 1 heterocycles. The van der Waals surface area contributed by atoms with Crippen LogP contribution in [0, 0.1) is 12.3 Å². The average Bonchev–Trinajstić information content (AvgIpc) is 2.50. The molecule has 1 aromatic rings. The third-order valence-electron chi connectivity index (χ3n) is 3.07. The predicted octanol–water partition coefficient (Wildman–Crippen LogP) is 2.86. The van der Waals surface area contributed by atoms with E-state index in [2.05, 4.69) is 37.3 Å². The van der Waals surface area contributed by atoms with Crippen molar-refractivity contribution in [2.75, 3.05) is 5.88 Å². The molecule has 3 nitrogen and oxygen atoms in total. The number of hydrogen-bond acceptors (Lipinski definition) is 2. The van der Waals surface area contributed by atoms with Gasteiger partial charge in [0.05, 0.1) is 11.4 Å². The topological polar surface area (TPSA) is 29.9 Å². The molecule has 0 aliphatic rings. The van der Waals surface area contributed by atoms with Gasteiger partial charge in [0.2, 0.25) is 0 Å². The van der Waals surface area contributed by atoms with Crippen molar-refractivity contribution in [3.63, 3.8) is 0 Å². The van der Waals surface area contributed by atoms with Crippen LogP contribution in [-0.2, 0) is 13.6 Å². The molecule has 4 heteroatoms. The van der Waals surface area contributed by atoms with E-state index in [1.54, 1.807) is 0 Å².